The van der Waals surface area contributed by atoms with E-state index in [9.17, 15) is 22.0 Å². The van der Waals surface area contributed by atoms with Gasteiger partial charge in [-0.1, -0.05) is 12.1 Å². The first-order chi connectivity index (χ1) is 10.8. The van der Waals surface area contributed by atoms with E-state index in [4.69, 9.17) is 0 Å². The number of carbonyl (C=O) groups is 1. The highest BCUT2D eigenvalue weighted by Gasteiger charge is 2.37. The highest BCUT2D eigenvalue weighted by Crippen LogP contribution is 2.23. The second-order valence-electron chi connectivity index (χ2n) is 5.54. The maximum atomic E-state index is 12.7. The summed E-state index contributed by atoms with van der Waals surface area (Å²) in [5, 5.41) is -1.02. The van der Waals surface area contributed by atoms with E-state index in [1.807, 2.05) is 4.90 Å². The van der Waals surface area contributed by atoms with Gasteiger partial charge in [-0.05, 0) is 37.1 Å². The summed E-state index contributed by atoms with van der Waals surface area (Å²) in [5.41, 5.74) is 1.31. The lowest BCUT2D eigenvalue weighted by Gasteiger charge is -2.32. The SMILES string of the molecule is COC(=O)c1ccc(CN2CCCC(S(=O)(=O)C(F)F)C2)cc1. The molecule has 0 saturated carbocycles. The fraction of sp³-hybridized carbons (Fsp3) is 0.533. The number of methoxy groups -OCH3 is 1. The summed E-state index contributed by atoms with van der Waals surface area (Å²) >= 11 is 0. The largest absolute Gasteiger partial charge is 0.465 e. The Bertz CT molecular complexity index is 646. The highest BCUT2D eigenvalue weighted by molar-refractivity contribution is 7.92. The molecule has 0 amide bonds. The minimum Gasteiger partial charge on any atom is -0.465 e. The van der Waals surface area contributed by atoms with Crippen molar-refractivity contribution in [3.8, 4) is 0 Å². The number of nitrogens with zero attached hydrogens (tertiary/aromatic N) is 1. The van der Waals surface area contributed by atoms with Gasteiger partial charge in [-0.15, -0.1) is 0 Å². The van der Waals surface area contributed by atoms with Gasteiger partial charge in [-0.3, -0.25) is 4.90 Å². The first kappa shape index (κ1) is 17.8. The molecule has 0 aromatic heterocycles. The monoisotopic (exact) mass is 347 g/mol. The van der Waals surface area contributed by atoms with Crippen molar-refractivity contribution in [2.45, 2.75) is 30.4 Å². The van der Waals surface area contributed by atoms with Crippen molar-refractivity contribution in [1.29, 1.82) is 0 Å². The van der Waals surface area contributed by atoms with Crippen LogP contribution in [0, 0.1) is 0 Å². The number of halogens is 2. The molecule has 1 atom stereocenters. The topological polar surface area (TPSA) is 63.7 Å². The molecule has 1 aliphatic heterocycles. The molecule has 0 N–H and O–H groups in total. The molecule has 0 bridgehead atoms. The van der Waals surface area contributed by atoms with Gasteiger partial charge in [0.1, 0.15) is 0 Å². The molecular formula is C15H19F2NO4S. The van der Waals surface area contributed by atoms with E-state index in [1.54, 1.807) is 24.3 Å². The number of alkyl halides is 2. The van der Waals surface area contributed by atoms with Crippen LogP contribution in [0.2, 0.25) is 0 Å². The zero-order valence-electron chi connectivity index (χ0n) is 12.7. The minimum absolute atomic E-state index is 0.103. The second kappa shape index (κ2) is 7.35. The number of hydrogen-bond acceptors (Lipinski definition) is 5. The van der Waals surface area contributed by atoms with E-state index < -0.39 is 26.8 Å². The Balaban J connectivity index is 2.01. The van der Waals surface area contributed by atoms with E-state index in [0.717, 1.165) is 5.56 Å². The predicted octanol–water partition coefficient (Wildman–Crippen LogP) is 2.08. The molecule has 1 heterocycles. The molecule has 1 aromatic rings. The molecule has 128 valence electrons. The Morgan fingerprint density at radius 2 is 2.00 bits per heavy atom. The van der Waals surface area contributed by atoms with Crippen LogP contribution in [0.15, 0.2) is 24.3 Å². The summed E-state index contributed by atoms with van der Waals surface area (Å²) in [6, 6.07) is 6.74. The van der Waals surface area contributed by atoms with Gasteiger partial charge in [0.15, 0.2) is 0 Å². The summed E-state index contributed by atoms with van der Waals surface area (Å²) in [6.07, 6.45) is 0.835. The second-order valence-corrected chi connectivity index (χ2v) is 7.74. The fourth-order valence-electron chi connectivity index (χ4n) is 2.69. The van der Waals surface area contributed by atoms with Crippen LogP contribution in [-0.4, -0.2) is 50.5 Å². The summed E-state index contributed by atoms with van der Waals surface area (Å²) in [5.74, 6) is -3.76. The maximum absolute atomic E-state index is 12.7. The molecule has 1 aromatic carbocycles. The Kier molecular flexibility index (Phi) is 5.69. The number of carbonyl (C=O) groups excluding carboxylic acids is 1. The number of piperidine rings is 1. The lowest BCUT2D eigenvalue weighted by molar-refractivity contribution is 0.0600. The zero-order chi connectivity index (χ0) is 17.0. The average Bonchev–Trinajstić information content (AvgIpc) is 2.55. The van der Waals surface area contributed by atoms with Crippen LogP contribution in [0.3, 0.4) is 0 Å². The quantitative estimate of drug-likeness (QED) is 0.763. The van der Waals surface area contributed by atoms with E-state index in [0.29, 0.717) is 25.1 Å². The predicted molar refractivity (Wildman–Crippen MR) is 81.0 cm³/mol. The number of esters is 1. The Hall–Kier alpha value is -1.54. The van der Waals surface area contributed by atoms with Crippen molar-refractivity contribution in [3.05, 3.63) is 35.4 Å². The van der Waals surface area contributed by atoms with Gasteiger partial charge in [-0.25, -0.2) is 13.2 Å². The summed E-state index contributed by atoms with van der Waals surface area (Å²) in [7, 11) is -3.08. The highest BCUT2D eigenvalue weighted by atomic mass is 32.2. The third-order valence-corrected chi connectivity index (χ3v) is 5.77. The van der Waals surface area contributed by atoms with Gasteiger partial charge in [0, 0.05) is 13.1 Å². The molecule has 1 unspecified atom stereocenters. The van der Waals surface area contributed by atoms with Crippen LogP contribution >= 0.6 is 0 Å². The van der Waals surface area contributed by atoms with Crippen molar-refractivity contribution in [1.82, 2.24) is 4.90 Å². The maximum Gasteiger partial charge on any atom is 0.337 e. The van der Waals surface area contributed by atoms with Crippen LogP contribution in [0.5, 0.6) is 0 Å². The van der Waals surface area contributed by atoms with E-state index in [-0.39, 0.29) is 13.0 Å². The van der Waals surface area contributed by atoms with E-state index in [2.05, 4.69) is 4.74 Å². The number of sulfone groups is 1. The molecule has 1 aliphatic rings. The van der Waals surface area contributed by atoms with Crippen molar-refractivity contribution in [2.75, 3.05) is 20.2 Å². The first-order valence-electron chi connectivity index (χ1n) is 7.25. The summed E-state index contributed by atoms with van der Waals surface area (Å²) in [4.78, 5) is 13.2. The average molecular weight is 347 g/mol. The Morgan fingerprint density at radius 3 is 2.57 bits per heavy atom. The standard InChI is InChI=1S/C15H19F2NO4S/c1-22-14(19)12-6-4-11(5-7-12)9-18-8-2-3-13(10-18)23(20,21)15(16)17/h4-7,13,15H,2-3,8-10H2,1H3. The van der Waals surface area contributed by atoms with Crippen LogP contribution in [0.25, 0.3) is 0 Å². The molecule has 0 radical (unpaired) electrons. The molecule has 1 fully saturated rings. The van der Waals surface area contributed by atoms with E-state index in [1.165, 1.54) is 7.11 Å². The van der Waals surface area contributed by atoms with Crippen LogP contribution in [0.1, 0.15) is 28.8 Å². The molecule has 8 heteroatoms. The van der Waals surface area contributed by atoms with Gasteiger partial charge < -0.3 is 4.74 Å². The number of hydrogen-bond donors (Lipinski definition) is 0. The van der Waals surface area contributed by atoms with Gasteiger partial charge in [0.2, 0.25) is 9.84 Å². The van der Waals surface area contributed by atoms with Crippen LogP contribution < -0.4 is 0 Å². The molecule has 2 rings (SSSR count). The lowest BCUT2D eigenvalue weighted by atomic mass is 10.1. The number of rotatable bonds is 5. The Morgan fingerprint density at radius 1 is 1.35 bits per heavy atom. The molecule has 0 spiro atoms. The van der Waals surface area contributed by atoms with Crippen molar-refractivity contribution in [3.63, 3.8) is 0 Å². The number of benzene rings is 1. The fourth-order valence-corrected chi connectivity index (χ4v) is 3.90. The van der Waals surface area contributed by atoms with Gasteiger partial charge in [0.05, 0.1) is 17.9 Å². The molecular weight excluding hydrogens is 328 g/mol. The Labute approximate surface area is 134 Å². The summed E-state index contributed by atoms with van der Waals surface area (Å²) < 4.78 is 53.1. The molecule has 5 nitrogen and oxygen atoms in total. The van der Waals surface area contributed by atoms with Gasteiger partial charge in [0.25, 0.3) is 0 Å². The van der Waals surface area contributed by atoms with Crippen molar-refractivity contribution < 1.29 is 26.7 Å². The van der Waals surface area contributed by atoms with Crippen LogP contribution in [-0.2, 0) is 21.1 Å². The zero-order valence-corrected chi connectivity index (χ0v) is 13.6. The minimum atomic E-state index is -4.38. The van der Waals surface area contributed by atoms with Gasteiger partial charge >= 0.3 is 11.7 Å². The third-order valence-electron chi connectivity index (χ3n) is 3.96. The molecule has 23 heavy (non-hydrogen) atoms. The van der Waals surface area contributed by atoms with Crippen molar-refractivity contribution in [2.24, 2.45) is 0 Å². The van der Waals surface area contributed by atoms with Gasteiger partial charge in [-0.2, -0.15) is 8.78 Å². The smallest absolute Gasteiger partial charge is 0.337 e. The normalized spacial score (nSPS) is 19.7. The summed E-state index contributed by atoms with van der Waals surface area (Å²) in [6.45, 7) is 1.22. The molecule has 0 aliphatic carbocycles. The van der Waals surface area contributed by atoms with E-state index >= 15 is 0 Å². The number of ether oxygens (including phenoxy) is 1. The number of likely N-dealkylation sites (tertiary alicyclic amines) is 1. The lowest BCUT2D eigenvalue weighted by Crippen LogP contribution is -2.43. The molecule has 1 saturated heterocycles. The first-order valence-corrected chi connectivity index (χ1v) is 8.86. The van der Waals surface area contributed by atoms with Crippen LogP contribution in [0.4, 0.5) is 8.78 Å². The van der Waals surface area contributed by atoms with Crippen molar-refractivity contribution >= 4 is 15.8 Å². The third kappa shape index (κ3) is 4.26.